The van der Waals surface area contributed by atoms with Crippen molar-refractivity contribution in [1.29, 1.82) is 0 Å². The highest BCUT2D eigenvalue weighted by molar-refractivity contribution is 7.97. The molecule has 0 aliphatic rings. The van der Waals surface area contributed by atoms with Crippen LogP contribution in [0.2, 0.25) is 0 Å². The van der Waals surface area contributed by atoms with E-state index >= 15 is 0 Å². The van der Waals surface area contributed by atoms with Gasteiger partial charge in [0.15, 0.2) is 0 Å². The Hall–Kier alpha value is -1.33. The van der Waals surface area contributed by atoms with Crippen LogP contribution in [0.25, 0.3) is 0 Å². The first-order chi connectivity index (χ1) is 8.81. The van der Waals surface area contributed by atoms with E-state index in [1.807, 2.05) is 34.4 Å². The molecule has 1 heterocycles. The Morgan fingerprint density at radius 3 is 3.00 bits per heavy atom. The summed E-state index contributed by atoms with van der Waals surface area (Å²) in [4.78, 5) is 4.88. The smallest absolute Gasteiger partial charge is 0.105 e. The van der Waals surface area contributed by atoms with Crippen LogP contribution in [0, 0.1) is 0 Å². The number of benzene rings is 1. The van der Waals surface area contributed by atoms with Crippen LogP contribution < -0.4 is 0 Å². The lowest BCUT2D eigenvalue weighted by Crippen LogP contribution is -2.00. The summed E-state index contributed by atoms with van der Waals surface area (Å²) in [6.45, 7) is 3.63. The molecule has 0 amide bonds. The number of hydrogen-bond donors (Lipinski definition) is 0. The van der Waals surface area contributed by atoms with Crippen molar-refractivity contribution < 1.29 is 4.21 Å². The van der Waals surface area contributed by atoms with Crippen molar-refractivity contribution >= 4 is 22.7 Å². The Morgan fingerprint density at radius 1 is 1.44 bits per heavy atom. The molecule has 0 aliphatic heterocycles. The summed E-state index contributed by atoms with van der Waals surface area (Å²) in [6.07, 6.45) is 7.09. The molecule has 0 N–H and O–H groups in total. The highest BCUT2D eigenvalue weighted by atomic mass is 32.2. The molecule has 0 spiro atoms. The second kappa shape index (κ2) is 6.56. The summed E-state index contributed by atoms with van der Waals surface area (Å²) in [5.41, 5.74) is 1.09. The maximum Gasteiger partial charge on any atom is 0.105 e. The zero-order chi connectivity index (χ0) is 12.8. The number of hydrogen-bond acceptors (Lipinski definition) is 3. The molecule has 1 aromatic heterocycles. The van der Waals surface area contributed by atoms with Crippen LogP contribution in [-0.2, 0) is 16.6 Å². The zero-order valence-corrected chi connectivity index (χ0v) is 11.5. The van der Waals surface area contributed by atoms with Crippen molar-refractivity contribution in [3.8, 4) is 0 Å². The number of aromatic nitrogens is 2. The van der Waals surface area contributed by atoms with Crippen LogP contribution in [-0.4, -0.2) is 18.9 Å². The second-order valence-electron chi connectivity index (χ2n) is 3.60. The summed E-state index contributed by atoms with van der Waals surface area (Å²) in [5.74, 6) is 1.27. The molecule has 3 nitrogen and oxygen atoms in total. The summed E-state index contributed by atoms with van der Waals surface area (Å²) in [5, 5.41) is 0. The van der Waals surface area contributed by atoms with Gasteiger partial charge in [-0.3, -0.25) is 8.18 Å². The van der Waals surface area contributed by atoms with Gasteiger partial charge in [0.1, 0.15) is 6.33 Å². The van der Waals surface area contributed by atoms with Gasteiger partial charge in [-0.1, -0.05) is 24.3 Å². The third-order valence-electron chi connectivity index (χ3n) is 2.34. The van der Waals surface area contributed by atoms with Crippen molar-refractivity contribution in [3.63, 3.8) is 0 Å². The Labute approximate surface area is 114 Å². The Kier molecular flexibility index (Phi) is 4.78. The lowest BCUT2D eigenvalue weighted by Gasteiger charge is -2.08. The van der Waals surface area contributed by atoms with Crippen LogP contribution >= 0.6 is 11.9 Å². The van der Waals surface area contributed by atoms with E-state index in [2.05, 4.69) is 11.6 Å². The van der Waals surface area contributed by atoms with Gasteiger partial charge in [0.25, 0.3) is 0 Å². The molecule has 0 bridgehead atoms. The fourth-order valence-corrected chi connectivity index (χ4v) is 3.46. The van der Waals surface area contributed by atoms with Crippen molar-refractivity contribution in [2.45, 2.75) is 10.6 Å². The van der Waals surface area contributed by atoms with Gasteiger partial charge >= 0.3 is 0 Å². The molecular formula is C13H14N2OS2. The number of rotatable bonds is 6. The normalized spacial score (nSPS) is 12.2. The Bertz CT molecular complexity index is 538. The van der Waals surface area contributed by atoms with E-state index in [1.165, 1.54) is 0 Å². The molecule has 2 rings (SSSR count). The maximum absolute atomic E-state index is 12.0. The van der Waals surface area contributed by atoms with E-state index in [0.29, 0.717) is 5.75 Å². The van der Waals surface area contributed by atoms with Gasteiger partial charge in [-0.15, -0.1) is 6.58 Å². The van der Waals surface area contributed by atoms with Crippen molar-refractivity contribution in [3.05, 3.63) is 61.2 Å². The van der Waals surface area contributed by atoms with Gasteiger partial charge in [0.2, 0.25) is 0 Å². The summed E-state index contributed by atoms with van der Waals surface area (Å²) >= 11 is 1.62. The van der Waals surface area contributed by atoms with Crippen molar-refractivity contribution in [1.82, 2.24) is 8.96 Å². The Balaban J connectivity index is 2.12. The molecular weight excluding hydrogens is 264 g/mol. The SMILES string of the molecule is C=CCS(=O)c1ccccc1CSn1ccnc1. The predicted molar refractivity (Wildman–Crippen MR) is 76.8 cm³/mol. The largest absolute Gasteiger partial charge is 0.280 e. The topological polar surface area (TPSA) is 34.9 Å². The minimum atomic E-state index is -1.000. The van der Waals surface area contributed by atoms with Gasteiger partial charge in [0, 0.05) is 28.8 Å². The van der Waals surface area contributed by atoms with E-state index < -0.39 is 10.8 Å². The molecule has 0 radical (unpaired) electrons. The Morgan fingerprint density at radius 2 is 2.28 bits per heavy atom. The molecule has 1 atom stereocenters. The molecule has 18 heavy (non-hydrogen) atoms. The third kappa shape index (κ3) is 3.34. The van der Waals surface area contributed by atoms with Gasteiger partial charge in [-0.05, 0) is 23.6 Å². The van der Waals surface area contributed by atoms with Gasteiger partial charge in [-0.25, -0.2) is 4.98 Å². The van der Waals surface area contributed by atoms with Gasteiger partial charge in [-0.2, -0.15) is 0 Å². The highest BCUT2D eigenvalue weighted by Crippen LogP contribution is 2.20. The van der Waals surface area contributed by atoms with Crippen LogP contribution in [0.1, 0.15) is 5.56 Å². The first kappa shape index (κ1) is 13.1. The number of imidazole rings is 1. The van der Waals surface area contributed by atoms with Gasteiger partial charge < -0.3 is 0 Å². The van der Waals surface area contributed by atoms with E-state index in [1.54, 1.807) is 30.5 Å². The van der Waals surface area contributed by atoms with Gasteiger partial charge in [0.05, 0.1) is 10.8 Å². The average Bonchev–Trinajstić information content (AvgIpc) is 2.90. The second-order valence-corrected chi connectivity index (χ2v) is 6.04. The standard InChI is InChI=1S/C13H14N2OS2/c1-2-9-18(16)13-6-4-3-5-12(13)10-17-15-8-7-14-11-15/h2-8,11H,1,9-10H2. The number of nitrogens with zero attached hydrogens (tertiary/aromatic N) is 2. The lowest BCUT2D eigenvalue weighted by molar-refractivity contribution is 0.684. The van der Waals surface area contributed by atoms with E-state index in [0.717, 1.165) is 16.2 Å². The molecule has 0 fully saturated rings. The van der Waals surface area contributed by atoms with Crippen molar-refractivity contribution in [2.24, 2.45) is 0 Å². The highest BCUT2D eigenvalue weighted by Gasteiger charge is 2.08. The fraction of sp³-hybridized carbons (Fsp3) is 0.154. The van der Waals surface area contributed by atoms with Crippen LogP contribution in [0.15, 0.2) is 60.5 Å². The first-order valence-corrected chi connectivity index (χ1v) is 7.76. The van der Waals surface area contributed by atoms with E-state index in [9.17, 15) is 4.21 Å². The predicted octanol–water partition coefficient (Wildman–Crippen LogP) is 2.87. The van der Waals surface area contributed by atoms with Crippen LogP contribution in [0.5, 0.6) is 0 Å². The van der Waals surface area contributed by atoms with Crippen LogP contribution in [0.3, 0.4) is 0 Å². The maximum atomic E-state index is 12.0. The first-order valence-electron chi connectivity index (χ1n) is 5.49. The van der Waals surface area contributed by atoms with E-state index in [4.69, 9.17) is 0 Å². The average molecular weight is 278 g/mol. The summed E-state index contributed by atoms with van der Waals surface area (Å²) < 4.78 is 14.0. The molecule has 94 valence electrons. The molecule has 0 saturated carbocycles. The molecule has 2 aromatic rings. The molecule has 0 saturated heterocycles. The monoisotopic (exact) mass is 278 g/mol. The fourth-order valence-electron chi connectivity index (χ4n) is 1.51. The molecule has 0 aliphatic carbocycles. The minimum absolute atomic E-state index is 0.493. The summed E-state index contributed by atoms with van der Waals surface area (Å²) in [6, 6.07) is 7.82. The minimum Gasteiger partial charge on any atom is -0.280 e. The molecule has 5 heteroatoms. The molecule has 1 aromatic carbocycles. The van der Waals surface area contributed by atoms with E-state index in [-0.39, 0.29) is 0 Å². The molecule has 1 unspecified atom stereocenters. The van der Waals surface area contributed by atoms with Crippen molar-refractivity contribution in [2.75, 3.05) is 5.75 Å². The van der Waals surface area contributed by atoms with Crippen LogP contribution in [0.4, 0.5) is 0 Å². The third-order valence-corrected chi connectivity index (χ3v) is 4.72. The lowest BCUT2D eigenvalue weighted by atomic mass is 10.2. The summed E-state index contributed by atoms with van der Waals surface area (Å²) in [7, 11) is -1.000. The zero-order valence-electron chi connectivity index (χ0n) is 9.86. The quantitative estimate of drug-likeness (QED) is 0.762.